The highest BCUT2D eigenvalue weighted by molar-refractivity contribution is 7.17. The molecular weight excluding hydrogens is 302 g/mol. The van der Waals surface area contributed by atoms with Crippen LogP contribution in [-0.4, -0.2) is 43.3 Å². The van der Waals surface area contributed by atoms with Crippen LogP contribution in [0.3, 0.4) is 0 Å². The molecule has 1 saturated carbocycles. The summed E-state index contributed by atoms with van der Waals surface area (Å²) < 4.78 is 0. The van der Waals surface area contributed by atoms with Crippen molar-refractivity contribution in [2.75, 3.05) is 6.54 Å². The quantitative estimate of drug-likeness (QED) is 0.794. The number of amides is 1. The lowest BCUT2D eigenvalue weighted by molar-refractivity contribution is 0.00528. The van der Waals surface area contributed by atoms with Crippen LogP contribution in [0.1, 0.15) is 47.5 Å². The molecule has 0 bridgehead atoms. The van der Waals surface area contributed by atoms with Gasteiger partial charge in [-0.25, -0.2) is 9.97 Å². The van der Waals surface area contributed by atoms with Crippen molar-refractivity contribution in [1.29, 1.82) is 0 Å². The van der Waals surface area contributed by atoms with E-state index in [4.69, 9.17) is 0 Å². The van der Waals surface area contributed by atoms with Gasteiger partial charge in [-0.3, -0.25) is 9.89 Å². The summed E-state index contributed by atoms with van der Waals surface area (Å²) in [7, 11) is 0. The summed E-state index contributed by atoms with van der Waals surface area (Å²) in [4.78, 5) is 21.3. The molecule has 1 aliphatic rings. The summed E-state index contributed by atoms with van der Waals surface area (Å²) >= 11 is 1.27. The zero-order chi connectivity index (χ0) is 15.6. The molecule has 1 aliphatic carbocycles. The van der Waals surface area contributed by atoms with Crippen LogP contribution in [-0.2, 0) is 0 Å². The van der Waals surface area contributed by atoms with Gasteiger partial charge in [0.25, 0.3) is 5.91 Å². The molecule has 3 N–H and O–H groups in total. The van der Waals surface area contributed by atoms with Gasteiger partial charge in [0.1, 0.15) is 11.2 Å². The van der Waals surface area contributed by atoms with E-state index in [0.717, 1.165) is 32.1 Å². The number of rotatable bonds is 4. The second kappa shape index (κ2) is 6.13. The first-order valence-corrected chi connectivity index (χ1v) is 8.23. The van der Waals surface area contributed by atoms with Gasteiger partial charge in [-0.2, -0.15) is 5.10 Å². The molecule has 8 heteroatoms. The predicted octanol–water partition coefficient (Wildman–Crippen LogP) is 1.66. The molecular formula is C14H19N5O2S. The third-order valence-corrected chi connectivity index (χ3v) is 5.15. The zero-order valence-electron chi connectivity index (χ0n) is 12.4. The summed E-state index contributed by atoms with van der Waals surface area (Å²) in [6, 6.07) is 0. The molecule has 3 rings (SSSR count). The standard InChI is InChI=1S/C14H19N5O2S/c1-9-10(22-13(18-9)11-16-8-17-19-11)12(20)15-7-14(21)5-3-2-4-6-14/h8,21H,2-7H2,1H3,(H,15,20)(H,16,17,19). The van der Waals surface area contributed by atoms with E-state index in [1.54, 1.807) is 6.92 Å². The SMILES string of the molecule is Cc1nc(-c2ncn[nH]2)sc1C(=O)NCC1(O)CCCCC1. The van der Waals surface area contributed by atoms with Crippen molar-refractivity contribution >= 4 is 17.2 Å². The summed E-state index contributed by atoms with van der Waals surface area (Å²) in [6.45, 7) is 2.08. The molecule has 1 fully saturated rings. The molecule has 0 unspecified atom stereocenters. The minimum atomic E-state index is -0.764. The van der Waals surface area contributed by atoms with Crippen molar-refractivity contribution in [3.05, 3.63) is 16.9 Å². The molecule has 2 heterocycles. The molecule has 118 valence electrons. The molecule has 2 aromatic rings. The van der Waals surface area contributed by atoms with Gasteiger partial charge in [-0.1, -0.05) is 19.3 Å². The summed E-state index contributed by atoms with van der Waals surface area (Å²) in [5.41, 5.74) is -0.107. The highest BCUT2D eigenvalue weighted by Crippen LogP contribution is 2.28. The fourth-order valence-electron chi connectivity index (χ4n) is 2.73. The first kappa shape index (κ1) is 15.1. The predicted molar refractivity (Wildman–Crippen MR) is 82.6 cm³/mol. The van der Waals surface area contributed by atoms with Gasteiger partial charge in [-0.15, -0.1) is 11.3 Å². The van der Waals surface area contributed by atoms with Crippen LogP contribution in [0.2, 0.25) is 0 Å². The number of thiazole rings is 1. The fraction of sp³-hybridized carbons (Fsp3) is 0.571. The Morgan fingerprint density at radius 3 is 2.91 bits per heavy atom. The largest absolute Gasteiger partial charge is 0.388 e. The Bertz CT molecular complexity index is 646. The number of nitrogens with one attached hydrogen (secondary N) is 2. The lowest BCUT2D eigenvalue weighted by atomic mass is 9.85. The smallest absolute Gasteiger partial charge is 0.263 e. The molecule has 7 nitrogen and oxygen atoms in total. The molecule has 0 aliphatic heterocycles. The minimum absolute atomic E-state index is 0.195. The molecule has 22 heavy (non-hydrogen) atoms. The number of aliphatic hydroxyl groups is 1. The molecule has 1 amide bonds. The topological polar surface area (TPSA) is 104 Å². The van der Waals surface area contributed by atoms with Gasteiger partial charge < -0.3 is 10.4 Å². The Morgan fingerprint density at radius 2 is 2.23 bits per heavy atom. The molecule has 0 radical (unpaired) electrons. The fourth-order valence-corrected chi connectivity index (χ4v) is 3.66. The van der Waals surface area contributed by atoms with Crippen LogP contribution in [0, 0.1) is 6.92 Å². The molecule has 0 saturated heterocycles. The maximum Gasteiger partial charge on any atom is 0.263 e. The molecule has 0 atom stereocenters. The van der Waals surface area contributed by atoms with Gasteiger partial charge in [0, 0.05) is 6.54 Å². The van der Waals surface area contributed by atoms with Gasteiger partial charge in [0.05, 0.1) is 11.3 Å². The van der Waals surface area contributed by atoms with Crippen LogP contribution in [0.5, 0.6) is 0 Å². The number of hydrogen-bond donors (Lipinski definition) is 3. The van der Waals surface area contributed by atoms with E-state index in [1.165, 1.54) is 17.7 Å². The van der Waals surface area contributed by atoms with E-state index < -0.39 is 5.60 Å². The first-order valence-electron chi connectivity index (χ1n) is 7.41. The monoisotopic (exact) mass is 321 g/mol. The number of nitrogens with zero attached hydrogens (tertiary/aromatic N) is 3. The van der Waals surface area contributed by atoms with E-state index in [9.17, 15) is 9.90 Å². The highest BCUT2D eigenvalue weighted by Gasteiger charge is 2.30. The van der Waals surface area contributed by atoms with Crippen molar-refractivity contribution in [2.24, 2.45) is 0 Å². The number of carbonyl (C=O) groups excluding carboxylic acids is 1. The summed E-state index contributed by atoms with van der Waals surface area (Å²) in [5, 5.41) is 20.4. The van der Waals surface area contributed by atoms with Crippen molar-refractivity contribution in [2.45, 2.75) is 44.6 Å². The van der Waals surface area contributed by atoms with Crippen molar-refractivity contribution in [3.63, 3.8) is 0 Å². The van der Waals surface area contributed by atoms with Gasteiger partial charge in [-0.05, 0) is 19.8 Å². The van der Waals surface area contributed by atoms with Crippen LogP contribution < -0.4 is 5.32 Å². The number of aromatic nitrogens is 4. The first-order chi connectivity index (χ1) is 10.6. The zero-order valence-corrected chi connectivity index (χ0v) is 13.2. The maximum absolute atomic E-state index is 12.3. The van der Waals surface area contributed by atoms with E-state index in [2.05, 4.69) is 25.5 Å². The Hall–Kier alpha value is -1.80. The Kier molecular flexibility index (Phi) is 4.21. The van der Waals surface area contributed by atoms with E-state index >= 15 is 0 Å². The third kappa shape index (κ3) is 3.17. The van der Waals surface area contributed by atoms with E-state index in [-0.39, 0.29) is 5.91 Å². The van der Waals surface area contributed by atoms with Crippen molar-refractivity contribution in [3.8, 4) is 10.8 Å². The third-order valence-electron chi connectivity index (χ3n) is 3.98. The number of carbonyl (C=O) groups is 1. The number of aryl methyl sites for hydroxylation is 1. The highest BCUT2D eigenvalue weighted by atomic mass is 32.1. The number of aromatic amines is 1. The minimum Gasteiger partial charge on any atom is -0.388 e. The number of H-pyrrole nitrogens is 1. The van der Waals surface area contributed by atoms with Crippen molar-refractivity contribution in [1.82, 2.24) is 25.5 Å². The molecule has 0 aromatic carbocycles. The molecule has 0 spiro atoms. The Balaban J connectivity index is 1.67. The second-order valence-corrected chi connectivity index (χ2v) is 6.73. The Morgan fingerprint density at radius 1 is 1.45 bits per heavy atom. The van der Waals surface area contributed by atoms with E-state index in [1.807, 2.05) is 0 Å². The van der Waals surface area contributed by atoms with Gasteiger partial charge >= 0.3 is 0 Å². The summed E-state index contributed by atoms with van der Waals surface area (Å²) in [5.74, 6) is 0.359. The van der Waals surface area contributed by atoms with Gasteiger partial charge in [0.2, 0.25) is 0 Å². The van der Waals surface area contributed by atoms with Crippen LogP contribution >= 0.6 is 11.3 Å². The van der Waals surface area contributed by atoms with Crippen molar-refractivity contribution < 1.29 is 9.90 Å². The number of hydrogen-bond acceptors (Lipinski definition) is 6. The van der Waals surface area contributed by atoms with E-state index in [0.29, 0.717) is 27.9 Å². The van der Waals surface area contributed by atoms with Crippen LogP contribution in [0.4, 0.5) is 0 Å². The summed E-state index contributed by atoms with van der Waals surface area (Å²) in [6.07, 6.45) is 6.09. The van der Waals surface area contributed by atoms with Crippen LogP contribution in [0.15, 0.2) is 6.33 Å². The average Bonchev–Trinajstić information content (AvgIpc) is 3.15. The average molecular weight is 321 g/mol. The van der Waals surface area contributed by atoms with Crippen LogP contribution in [0.25, 0.3) is 10.8 Å². The Labute approximate surface area is 132 Å². The lowest BCUT2D eigenvalue weighted by Gasteiger charge is -2.32. The van der Waals surface area contributed by atoms with Gasteiger partial charge in [0.15, 0.2) is 10.8 Å². The lowest BCUT2D eigenvalue weighted by Crippen LogP contribution is -2.44. The molecule has 2 aromatic heterocycles. The normalized spacial score (nSPS) is 17.4. The maximum atomic E-state index is 12.3. The second-order valence-electron chi connectivity index (χ2n) is 5.74.